The van der Waals surface area contributed by atoms with Crippen molar-refractivity contribution in [3.05, 3.63) is 50.2 Å². The lowest BCUT2D eigenvalue weighted by atomic mass is 10.1. The maximum absolute atomic E-state index is 12.9. The second-order valence-electron chi connectivity index (χ2n) is 5.33. The first-order valence-corrected chi connectivity index (χ1v) is 8.08. The SMILES string of the molecule is C[C@@H](Cc1c(Cl)cc(Cl)cc1Cl)NC(=O)c1cn(C)nc1C(F)F. The van der Waals surface area contributed by atoms with Gasteiger partial charge < -0.3 is 5.32 Å². The average molecular weight is 397 g/mol. The van der Waals surface area contributed by atoms with Crippen LogP contribution in [0.2, 0.25) is 15.1 Å². The van der Waals surface area contributed by atoms with Crippen molar-refractivity contribution >= 4 is 40.7 Å². The van der Waals surface area contributed by atoms with Gasteiger partial charge in [-0.05, 0) is 31.0 Å². The van der Waals surface area contributed by atoms with Gasteiger partial charge in [-0.3, -0.25) is 9.48 Å². The highest BCUT2D eigenvalue weighted by atomic mass is 35.5. The van der Waals surface area contributed by atoms with Crippen LogP contribution in [0.1, 0.15) is 35.0 Å². The lowest BCUT2D eigenvalue weighted by Gasteiger charge is -2.16. The van der Waals surface area contributed by atoms with E-state index in [1.165, 1.54) is 17.9 Å². The number of aryl methyl sites for hydroxylation is 1. The zero-order valence-corrected chi connectivity index (χ0v) is 15.1. The monoisotopic (exact) mass is 395 g/mol. The summed E-state index contributed by atoms with van der Waals surface area (Å²) in [6.07, 6.45) is -1.25. The Morgan fingerprint density at radius 2 is 1.88 bits per heavy atom. The van der Waals surface area contributed by atoms with E-state index < -0.39 is 18.0 Å². The minimum atomic E-state index is -2.83. The highest BCUT2D eigenvalue weighted by Gasteiger charge is 2.24. The normalized spacial score (nSPS) is 12.5. The van der Waals surface area contributed by atoms with Gasteiger partial charge in [0.25, 0.3) is 12.3 Å². The summed E-state index contributed by atoms with van der Waals surface area (Å²) in [5, 5.41) is 7.42. The van der Waals surface area contributed by atoms with E-state index in [-0.39, 0.29) is 11.6 Å². The Morgan fingerprint density at radius 1 is 1.29 bits per heavy atom. The molecule has 0 saturated heterocycles. The van der Waals surface area contributed by atoms with Crippen molar-refractivity contribution in [3.63, 3.8) is 0 Å². The zero-order chi connectivity index (χ0) is 18.0. The van der Waals surface area contributed by atoms with Crippen molar-refractivity contribution in [3.8, 4) is 0 Å². The molecular formula is C15H14Cl3F2N3O. The molecule has 9 heteroatoms. The number of carbonyl (C=O) groups excluding carboxylic acids is 1. The van der Waals surface area contributed by atoms with Crippen LogP contribution in [-0.4, -0.2) is 21.7 Å². The minimum absolute atomic E-state index is 0.160. The molecule has 1 heterocycles. The number of alkyl halides is 2. The molecule has 4 nitrogen and oxygen atoms in total. The lowest BCUT2D eigenvalue weighted by Crippen LogP contribution is -2.34. The van der Waals surface area contributed by atoms with Crippen LogP contribution < -0.4 is 5.32 Å². The molecule has 1 aromatic heterocycles. The summed E-state index contributed by atoms with van der Waals surface area (Å²) in [6.45, 7) is 1.72. The fraction of sp³-hybridized carbons (Fsp3) is 0.333. The Kier molecular flexibility index (Phi) is 6.06. The van der Waals surface area contributed by atoms with Crippen LogP contribution in [0.5, 0.6) is 0 Å². The van der Waals surface area contributed by atoms with Crippen molar-refractivity contribution in [1.29, 1.82) is 0 Å². The number of aromatic nitrogens is 2. The van der Waals surface area contributed by atoms with E-state index in [1.807, 2.05) is 0 Å². The van der Waals surface area contributed by atoms with E-state index in [2.05, 4.69) is 10.4 Å². The average Bonchev–Trinajstić information content (AvgIpc) is 2.85. The van der Waals surface area contributed by atoms with Gasteiger partial charge in [-0.2, -0.15) is 5.10 Å². The molecule has 0 aliphatic rings. The molecule has 1 atom stereocenters. The Hall–Kier alpha value is -1.37. The van der Waals surface area contributed by atoms with Gasteiger partial charge in [0, 0.05) is 34.4 Å². The molecule has 24 heavy (non-hydrogen) atoms. The van der Waals surface area contributed by atoms with Gasteiger partial charge >= 0.3 is 0 Å². The molecule has 0 aliphatic carbocycles. The molecule has 1 amide bonds. The Labute approximate surface area is 152 Å². The van der Waals surface area contributed by atoms with Crippen molar-refractivity contribution in [2.75, 3.05) is 0 Å². The molecule has 0 aliphatic heterocycles. The van der Waals surface area contributed by atoms with E-state index in [4.69, 9.17) is 34.8 Å². The zero-order valence-electron chi connectivity index (χ0n) is 12.8. The standard InChI is InChI=1S/C15H14Cl3F2N3O/c1-7(3-9-11(17)4-8(16)5-12(9)18)21-15(24)10-6-23(2)22-13(10)14(19)20/h4-7,14H,3H2,1-2H3,(H,21,24)/t7-/m0/s1. The third-order valence-electron chi connectivity index (χ3n) is 3.30. The fourth-order valence-electron chi connectivity index (χ4n) is 2.27. The summed E-state index contributed by atoms with van der Waals surface area (Å²) in [6, 6.07) is 2.71. The number of amides is 1. The third kappa shape index (κ3) is 4.37. The van der Waals surface area contributed by atoms with Crippen LogP contribution in [0.15, 0.2) is 18.3 Å². The van der Waals surface area contributed by atoms with Crippen LogP contribution >= 0.6 is 34.8 Å². The summed E-state index contributed by atoms with van der Waals surface area (Å²) in [5.74, 6) is -0.632. The second-order valence-corrected chi connectivity index (χ2v) is 6.58. The fourth-order valence-corrected chi connectivity index (χ4v) is 3.24. The Morgan fingerprint density at radius 3 is 2.42 bits per heavy atom. The number of nitrogens with one attached hydrogen (secondary N) is 1. The van der Waals surface area contributed by atoms with Crippen molar-refractivity contribution in [2.24, 2.45) is 7.05 Å². The third-order valence-corrected chi connectivity index (χ3v) is 4.19. The maximum Gasteiger partial charge on any atom is 0.282 e. The largest absolute Gasteiger partial charge is 0.349 e. The number of halogens is 5. The summed E-state index contributed by atoms with van der Waals surface area (Å²) >= 11 is 18.1. The second kappa shape index (κ2) is 7.68. The summed E-state index contributed by atoms with van der Waals surface area (Å²) < 4.78 is 27.0. The first-order valence-electron chi connectivity index (χ1n) is 6.95. The van der Waals surface area contributed by atoms with Gasteiger partial charge in [0.1, 0.15) is 5.69 Å². The molecule has 0 spiro atoms. The van der Waals surface area contributed by atoms with E-state index in [9.17, 15) is 13.6 Å². The van der Waals surface area contributed by atoms with Gasteiger partial charge in [0.2, 0.25) is 0 Å². The molecule has 130 valence electrons. The molecule has 1 aromatic carbocycles. The predicted molar refractivity (Wildman–Crippen MR) is 90.3 cm³/mol. The number of benzene rings is 1. The summed E-state index contributed by atoms with van der Waals surface area (Å²) in [7, 11) is 1.47. The molecule has 2 rings (SSSR count). The summed E-state index contributed by atoms with van der Waals surface area (Å²) in [4.78, 5) is 12.2. The lowest BCUT2D eigenvalue weighted by molar-refractivity contribution is 0.0925. The molecule has 2 aromatic rings. The molecule has 1 N–H and O–H groups in total. The maximum atomic E-state index is 12.9. The van der Waals surface area contributed by atoms with E-state index in [1.54, 1.807) is 19.1 Å². The number of carbonyl (C=O) groups is 1. The quantitative estimate of drug-likeness (QED) is 0.798. The molecule has 0 fully saturated rings. The van der Waals surface area contributed by atoms with Gasteiger partial charge in [-0.1, -0.05) is 34.8 Å². The van der Waals surface area contributed by atoms with Crippen LogP contribution in [0.4, 0.5) is 8.78 Å². The van der Waals surface area contributed by atoms with Crippen molar-refractivity contribution < 1.29 is 13.6 Å². The molecule has 0 saturated carbocycles. The first-order chi connectivity index (χ1) is 11.2. The van der Waals surface area contributed by atoms with Gasteiger partial charge in [-0.15, -0.1) is 0 Å². The van der Waals surface area contributed by atoms with E-state index >= 15 is 0 Å². The number of hydrogen-bond donors (Lipinski definition) is 1. The van der Waals surface area contributed by atoms with E-state index in [0.29, 0.717) is 27.1 Å². The first kappa shape index (κ1) is 19.0. The van der Waals surface area contributed by atoms with Gasteiger partial charge in [0.05, 0.1) is 5.56 Å². The highest BCUT2D eigenvalue weighted by molar-refractivity contribution is 6.39. The molecule has 0 radical (unpaired) electrons. The smallest absolute Gasteiger partial charge is 0.282 e. The summed E-state index contributed by atoms with van der Waals surface area (Å²) in [5.41, 5.74) is -0.0896. The number of hydrogen-bond acceptors (Lipinski definition) is 2. The van der Waals surface area contributed by atoms with Crippen LogP contribution in [0.25, 0.3) is 0 Å². The van der Waals surface area contributed by atoms with Crippen molar-refractivity contribution in [1.82, 2.24) is 15.1 Å². The van der Waals surface area contributed by atoms with Crippen LogP contribution in [-0.2, 0) is 13.5 Å². The molecule has 0 bridgehead atoms. The number of nitrogens with zero attached hydrogens (tertiary/aromatic N) is 2. The predicted octanol–water partition coefficient (Wildman–Crippen LogP) is 4.68. The van der Waals surface area contributed by atoms with Gasteiger partial charge in [-0.25, -0.2) is 8.78 Å². The topological polar surface area (TPSA) is 46.9 Å². The van der Waals surface area contributed by atoms with Gasteiger partial charge in [0.15, 0.2) is 0 Å². The number of rotatable bonds is 5. The van der Waals surface area contributed by atoms with Crippen LogP contribution in [0.3, 0.4) is 0 Å². The Balaban J connectivity index is 2.13. The van der Waals surface area contributed by atoms with E-state index in [0.717, 1.165) is 0 Å². The molecular weight excluding hydrogens is 383 g/mol. The molecule has 0 unspecified atom stereocenters. The Bertz CT molecular complexity index is 741. The highest BCUT2D eigenvalue weighted by Crippen LogP contribution is 2.30. The minimum Gasteiger partial charge on any atom is -0.349 e. The van der Waals surface area contributed by atoms with Crippen LogP contribution in [0, 0.1) is 0 Å². The van der Waals surface area contributed by atoms with Crippen molar-refractivity contribution in [2.45, 2.75) is 25.8 Å².